The van der Waals surface area contributed by atoms with E-state index in [0.29, 0.717) is 11.8 Å². The summed E-state index contributed by atoms with van der Waals surface area (Å²) < 4.78 is 2.03. The van der Waals surface area contributed by atoms with E-state index in [1.807, 2.05) is 35.9 Å². The van der Waals surface area contributed by atoms with Crippen molar-refractivity contribution in [2.75, 3.05) is 12.3 Å². The van der Waals surface area contributed by atoms with Gasteiger partial charge in [0.05, 0.1) is 11.4 Å². The minimum Gasteiger partial charge on any atom is -0.339 e. The van der Waals surface area contributed by atoms with Crippen molar-refractivity contribution in [1.82, 2.24) is 14.5 Å². The molecule has 0 N–H and O–H groups in total. The highest BCUT2D eigenvalue weighted by Crippen LogP contribution is 2.36. The van der Waals surface area contributed by atoms with Gasteiger partial charge in [0.1, 0.15) is 0 Å². The Balaban J connectivity index is 1.46. The number of thioether (sulfide) groups is 1. The third-order valence-electron chi connectivity index (χ3n) is 5.99. The molecule has 2 unspecified atom stereocenters. The van der Waals surface area contributed by atoms with Crippen LogP contribution in [-0.2, 0) is 4.79 Å². The van der Waals surface area contributed by atoms with Crippen molar-refractivity contribution < 1.29 is 4.79 Å². The van der Waals surface area contributed by atoms with E-state index >= 15 is 0 Å². The maximum Gasteiger partial charge on any atom is 0.233 e. The zero-order valence-corrected chi connectivity index (χ0v) is 17.3. The van der Waals surface area contributed by atoms with Crippen LogP contribution in [-0.4, -0.2) is 38.7 Å². The number of likely N-dealkylation sites (tertiary alicyclic amines) is 1. The number of fused-ring (bicyclic) bond motifs is 1. The van der Waals surface area contributed by atoms with E-state index in [9.17, 15) is 4.79 Å². The number of amides is 1. The van der Waals surface area contributed by atoms with E-state index < -0.39 is 0 Å². The van der Waals surface area contributed by atoms with Crippen LogP contribution in [0.3, 0.4) is 0 Å². The van der Waals surface area contributed by atoms with Crippen molar-refractivity contribution in [3.63, 3.8) is 0 Å². The molecule has 0 bridgehead atoms. The molecule has 1 aromatic heterocycles. The molecule has 1 saturated carbocycles. The molecule has 1 amide bonds. The van der Waals surface area contributed by atoms with Gasteiger partial charge in [-0.25, -0.2) is 4.98 Å². The molecule has 1 aromatic carbocycles. The predicted octanol–water partition coefficient (Wildman–Crippen LogP) is 5.11. The van der Waals surface area contributed by atoms with E-state index in [-0.39, 0.29) is 5.91 Å². The molecular weight excluding hydrogens is 378 g/mol. The zero-order valence-electron chi connectivity index (χ0n) is 15.7. The van der Waals surface area contributed by atoms with Crippen LogP contribution in [0, 0.1) is 12.8 Å². The number of piperidine rings is 1. The Morgan fingerprint density at radius 2 is 2.07 bits per heavy atom. The van der Waals surface area contributed by atoms with E-state index in [0.717, 1.165) is 40.3 Å². The van der Waals surface area contributed by atoms with Gasteiger partial charge in [-0.3, -0.25) is 9.36 Å². The summed E-state index contributed by atoms with van der Waals surface area (Å²) in [6, 6.07) is 6.34. The van der Waals surface area contributed by atoms with Gasteiger partial charge in [-0.1, -0.05) is 42.3 Å². The number of hydrogen-bond donors (Lipinski definition) is 0. The summed E-state index contributed by atoms with van der Waals surface area (Å²) in [6.07, 6.45) is 11.2. The standard InChI is InChI=1S/C21H26ClN3OS/c1-15-17(22)8-4-10-18(15)25-13-11-23-21(25)27-14-20(26)24-12-5-7-16-6-2-3-9-19(16)24/h4,8,10-11,13,16,19H,2-3,5-7,9,12,14H2,1H3. The summed E-state index contributed by atoms with van der Waals surface area (Å²) in [5, 5.41) is 1.58. The smallest absolute Gasteiger partial charge is 0.233 e. The monoisotopic (exact) mass is 403 g/mol. The second-order valence-corrected chi connectivity index (χ2v) is 8.94. The van der Waals surface area contributed by atoms with Gasteiger partial charge in [0.15, 0.2) is 5.16 Å². The fraction of sp³-hybridized carbons (Fsp3) is 0.524. The first kappa shape index (κ1) is 18.9. The molecule has 2 aliphatic rings. The first-order valence-electron chi connectivity index (χ1n) is 9.86. The van der Waals surface area contributed by atoms with Gasteiger partial charge in [-0.05, 0) is 56.2 Å². The molecular formula is C21H26ClN3OS. The molecule has 0 spiro atoms. The van der Waals surface area contributed by atoms with Crippen molar-refractivity contribution in [3.8, 4) is 5.69 Å². The summed E-state index contributed by atoms with van der Waals surface area (Å²) in [5.41, 5.74) is 2.03. The zero-order chi connectivity index (χ0) is 18.8. The first-order valence-corrected chi connectivity index (χ1v) is 11.2. The Morgan fingerprint density at radius 3 is 2.96 bits per heavy atom. The maximum absolute atomic E-state index is 13.0. The SMILES string of the molecule is Cc1c(Cl)cccc1-n1ccnc1SCC(=O)N1CCCC2CCCCC21. The Hall–Kier alpha value is -1.46. The van der Waals surface area contributed by atoms with Crippen molar-refractivity contribution in [2.24, 2.45) is 5.92 Å². The number of hydrogen-bond acceptors (Lipinski definition) is 3. The lowest BCUT2D eigenvalue weighted by atomic mass is 9.78. The predicted molar refractivity (Wildman–Crippen MR) is 111 cm³/mol. The largest absolute Gasteiger partial charge is 0.339 e. The molecule has 2 aromatic rings. The molecule has 4 rings (SSSR count). The molecule has 1 saturated heterocycles. The Bertz CT molecular complexity index is 820. The first-order chi connectivity index (χ1) is 13.1. The highest BCUT2D eigenvalue weighted by Gasteiger charge is 2.35. The van der Waals surface area contributed by atoms with Crippen LogP contribution in [0.1, 0.15) is 44.1 Å². The minimum atomic E-state index is 0.258. The highest BCUT2D eigenvalue weighted by molar-refractivity contribution is 7.99. The molecule has 2 heterocycles. The molecule has 1 aliphatic carbocycles. The molecule has 27 heavy (non-hydrogen) atoms. The number of carbonyl (C=O) groups is 1. The van der Waals surface area contributed by atoms with Crippen molar-refractivity contribution in [3.05, 3.63) is 41.2 Å². The van der Waals surface area contributed by atoms with Gasteiger partial charge in [0, 0.05) is 30.0 Å². The number of benzene rings is 1. The molecule has 4 nitrogen and oxygen atoms in total. The summed E-state index contributed by atoms with van der Waals surface area (Å²) >= 11 is 7.80. The van der Waals surface area contributed by atoms with E-state index in [1.165, 1.54) is 43.9 Å². The number of carbonyl (C=O) groups excluding carboxylic acids is 1. The summed E-state index contributed by atoms with van der Waals surface area (Å²) in [6.45, 7) is 2.93. The number of imidazole rings is 1. The average molecular weight is 404 g/mol. The van der Waals surface area contributed by atoms with Gasteiger partial charge < -0.3 is 4.90 Å². The second-order valence-electron chi connectivity index (χ2n) is 7.59. The topological polar surface area (TPSA) is 38.1 Å². The number of aromatic nitrogens is 2. The molecule has 144 valence electrons. The third-order valence-corrected chi connectivity index (χ3v) is 7.35. The maximum atomic E-state index is 13.0. The fourth-order valence-corrected chi connectivity index (χ4v) is 5.60. The number of halogens is 1. The Kier molecular flexibility index (Phi) is 5.79. The van der Waals surface area contributed by atoms with E-state index in [1.54, 1.807) is 6.20 Å². The van der Waals surface area contributed by atoms with Crippen molar-refractivity contribution in [1.29, 1.82) is 0 Å². The highest BCUT2D eigenvalue weighted by atomic mass is 35.5. The second kappa shape index (κ2) is 8.27. The van der Waals surface area contributed by atoms with Crippen LogP contribution >= 0.6 is 23.4 Å². The van der Waals surface area contributed by atoms with Crippen molar-refractivity contribution >= 4 is 29.3 Å². The minimum absolute atomic E-state index is 0.258. The Labute approximate surface area is 170 Å². The molecule has 2 fully saturated rings. The molecule has 1 aliphatic heterocycles. The van der Waals surface area contributed by atoms with Crippen LogP contribution in [0.15, 0.2) is 35.7 Å². The summed E-state index contributed by atoms with van der Waals surface area (Å²) in [4.78, 5) is 19.6. The van der Waals surface area contributed by atoms with Crippen LogP contribution in [0.4, 0.5) is 0 Å². The normalized spacial score (nSPS) is 22.5. The van der Waals surface area contributed by atoms with Gasteiger partial charge in [-0.15, -0.1) is 0 Å². The average Bonchev–Trinajstić information content (AvgIpc) is 3.16. The van der Waals surface area contributed by atoms with E-state index in [2.05, 4.69) is 9.88 Å². The van der Waals surface area contributed by atoms with Crippen molar-refractivity contribution in [2.45, 2.75) is 56.6 Å². The van der Waals surface area contributed by atoms with Gasteiger partial charge in [0.25, 0.3) is 0 Å². The lowest BCUT2D eigenvalue weighted by Gasteiger charge is -2.44. The van der Waals surface area contributed by atoms with Gasteiger partial charge >= 0.3 is 0 Å². The van der Waals surface area contributed by atoms with Crippen LogP contribution in [0.2, 0.25) is 5.02 Å². The van der Waals surface area contributed by atoms with Gasteiger partial charge in [-0.2, -0.15) is 0 Å². The number of nitrogens with zero attached hydrogens (tertiary/aromatic N) is 3. The molecule has 2 atom stereocenters. The Morgan fingerprint density at radius 1 is 1.26 bits per heavy atom. The quantitative estimate of drug-likeness (QED) is 0.666. The van der Waals surface area contributed by atoms with E-state index in [4.69, 9.17) is 11.6 Å². The van der Waals surface area contributed by atoms with Crippen LogP contribution in [0.25, 0.3) is 5.69 Å². The van der Waals surface area contributed by atoms with Gasteiger partial charge in [0.2, 0.25) is 5.91 Å². The summed E-state index contributed by atoms with van der Waals surface area (Å²) in [5.74, 6) is 1.42. The van der Waals surface area contributed by atoms with Crippen LogP contribution in [0.5, 0.6) is 0 Å². The summed E-state index contributed by atoms with van der Waals surface area (Å²) in [7, 11) is 0. The molecule has 6 heteroatoms. The fourth-order valence-electron chi connectivity index (χ4n) is 4.58. The number of rotatable bonds is 4. The molecule has 0 radical (unpaired) electrons. The third kappa shape index (κ3) is 3.90. The lowest BCUT2D eigenvalue weighted by molar-refractivity contribution is -0.134. The lowest BCUT2D eigenvalue weighted by Crippen LogP contribution is -2.50. The van der Waals surface area contributed by atoms with Crippen LogP contribution < -0.4 is 0 Å².